The molecule has 2 N–H and O–H groups in total. The molecule has 0 aliphatic heterocycles. The highest BCUT2D eigenvalue weighted by molar-refractivity contribution is 14.0. The number of ether oxygens (including phenoxy) is 3. The van der Waals surface area contributed by atoms with Crippen molar-refractivity contribution in [3.8, 4) is 5.88 Å². The molecule has 1 aromatic heterocycles. The monoisotopic (exact) mass is 528 g/mol. The fraction of sp³-hybridized carbons (Fsp3) is 0.455. The summed E-state index contributed by atoms with van der Waals surface area (Å²) in [6.45, 7) is 6.52. The van der Waals surface area contributed by atoms with Crippen molar-refractivity contribution in [1.82, 2.24) is 15.6 Å². The van der Waals surface area contributed by atoms with Gasteiger partial charge in [-0.2, -0.15) is 0 Å². The molecule has 0 unspecified atom stereocenters. The Morgan fingerprint density at radius 2 is 1.87 bits per heavy atom. The number of hydrogen-bond acceptors (Lipinski definition) is 5. The van der Waals surface area contributed by atoms with Crippen LogP contribution in [0, 0.1) is 0 Å². The molecule has 7 nitrogen and oxygen atoms in total. The Morgan fingerprint density at radius 3 is 2.63 bits per heavy atom. The summed E-state index contributed by atoms with van der Waals surface area (Å²) in [6, 6.07) is 14.0. The summed E-state index contributed by atoms with van der Waals surface area (Å²) in [5, 5.41) is 6.58. The van der Waals surface area contributed by atoms with Crippen LogP contribution in [0.4, 0.5) is 0 Å². The number of halogens is 1. The van der Waals surface area contributed by atoms with Gasteiger partial charge in [-0.3, -0.25) is 0 Å². The van der Waals surface area contributed by atoms with Crippen molar-refractivity contribution in [2.45, 2.75) is 26.5 Å². The van der Waals surface area contributed by atoms with E-state index in [9.17, 15) is 0 Å². The average molecular weight is 528 g/mol. The minimum atomic E-state index is 0. The van der Waals surface area contributed by atoms with Gasteiger partial charge in [0.1, 0.15) is 6.61 Å². The van der Waals surface area contributed by atoms with E-state index in [1.807, 2.05) is 49.4 Å². The van der Waals surface area contributed by atoms with Crippen molar-refractivity contribution in [3.63, 3.8) is 0 Å². The highest BCUT2D eigenvalue weighted by Crippen LogP contribution is 2.17. The largest absolute Gasteiger partial charge is 0.473 e. The number of benzene rings is 1. The molecule has 0 aliphatic carbocycles. The maximum atomic E-state index is 5.91. The van der Waals surface area contributed by atoms with Gasteiger partial charge in [-0.15, -0.1) is 24.0 Å². The number of nitrogens with zero attached hydrogens (tertiary/aromatic N) is 2. The quantitative estimate of drug-likeness (QED) is 0.180. The van der Waals surface area contributed by atoms with E-state index in [-0.39, 0.29) is 24.0 Å². The van der Waals surface area contributed by atoms with Crippen molar-refractivity contribution in [1.29, 1.82) is 0 Å². The van der Waals surface area contributed by atoms with E-state index in [1.54, 1.807) is 13.3 Å². The van der Waals surface area contributed by atoms with Crippen LogP contribution >= 0.6 is 24.0 Å². The highest BCUT2D eigenvalue weighted by Gasteiger charge is 2.06. The van der Waals surface area contributed by atoms with Crippen LogP contribution in [0.1, 0.15) is 24.5 Å². The Bertz CT molecular complexity index is 717. The van der Waals surface area contributed by atoms with Gasteiger partial charge in [0.05, 0.1) is 19.8 Å². The van der Waals surface area contributed by atoms with Crippen molar-refractivity contribution >= 4 is 29.9 Å². The van der Waals surface area contributed by atoms with Gasteiger partial charge < -0.3 is 24.8 Å². The van der Waals surface area contributed by atoms with Crippen LogP contribution in [0.15, 0.2) is 53.7 Å². The van der Waals surface area contributed by atoms with Gasteiger partial charge in [0, 0.05) is 38.6 Å². The molecule has 0 aliphatic rings. The molecule has 1 heterocycles. The van der Waals surface area contributed by atoms with Crippen LogP contribution in [0.5, 0.6) is 5.88 Å². The van der Waals surface area contributed by atoms with Gasteiger partial charge in [0.25, 0.3) is 0 Å². The Hall–Kier alpha value is -1.91. The summed E-state index contributed by atoms with van der Waals surface area (Å²) in [5.41, 5.74) is 2.05. The normalized spacial score (nSPS) is 10.9. The summed E-state index contributed by atoms with van der Waals surface area (Å²) >= 11 is 0. The number of rotatable bonds is 13. The van der Waals surface area contributed by atoms with Gasteiger partial charge in [-0.05, 0) is 25.0 Å². The van der Waals surface area contributed by atoms with Crippen LogP contribution in [-0.4, -0.2) is 51.0 Å². The van der Waals surface area contributed by atoms with E-state index in [0.717, 1.165) is 36.6 Å². The molecule has 0 saturated carbocycles. The maximum absolute atomic E-state index is 5.91. The molecule has 0 bridgehead atoms. The van der Waals surface area contributed by atoms with Gasteiger partial charge >= 0.3 is 0 Å². The average Bonchev–Trinajstić information content (AvgIpc) is 2.76. The molecule has 0 fully saturated rings. The molecular formula is C22H33IN4O3. The Labute approximate surface area is 196 Å². The molecule has 30 heavy (non-hydrogen) atoms. The van der Waals surface area contributed by atoms with Gasteiger partial charge in [0.2, 0.25) is 5.88 Å². The van der Waals surface area contributed by atoms with E-state index < -0.39 is 0 Å². The summed E-state index contributed by atoms with van der Waals surface area (Å²) in [5.74, 6) is 1.38. The summed E-state index contributed by atoms with van der Waals surface area (Å²) < 4.78 is 16.3. The molecular weight excluding hydrogens is 495 g/mol. The van der Waals surface area contributed by atoms with E-state index in [1.165, 1.54) is 0 Å². The minimum Gasteiger partial charge on any atom is -0.473 e. The van der Waals surface area contributed by atoms with E-state index in [0.29, 0.717) is 38.9 Å². The molecule has 0 amide bonds. The van der Waals surface area contributed by atoms with Gasteiger partial charge in [-0.25, -0.2) is 9.98 Å². The first kappa shape index (κ1) is 26.1. The lowest BCUT2D eigenvalue weighted by Crippen LogP contribution is -2.38. The van der Waals surface area contributed by atoms with Gasteiger partial charge in [-0.1, -0.05) is 36.4 Å². The number of aromatic nitrogens is 1. The van der Waals surface area contributed by atoms with Crippen LogP contribution in [0.2, 0.25) is 0 Å². The summed E-state index contributed by atoms with van der Waals surface area (Å²) in [7, 11) is 1.67. The Balaban J connectivity index is 0.00000450. The highest BCUT2D eigenvalue weighted by atomic mass is 127. The standard InChI is InChI=1S/C22H32N4O3.HI/c1-3-23-22(25-13-8-14-28-16-15-27-2)26-17-20-11-7-12-24-21(20)29-18-19-9-5-4-6-10-19;/h4-7,9-12H,3,8,13-18H2,1-2H3,(H2,23,25,26);1H. The van der Waals surface area contributed by atoms with Crippen molar-refractivity contribution in [2.24, 2.45) is 4.99 Å². The maximum Gasteiger partial charge on any atom is 0.218 e. The molecule has 0 spiro atoms. The molecule has 0 radical (unpaired) electrons. The fourth-order valence-electron chi connectivity index (χ4n) is 2.53. The van der Waals surface area contributed by atoms with E-state index in [2.05, 4.69) is 20.6 Å². The Kier molecular flexibility index (Phi) is 14.7. The summed E-state index contributed by atoms with van der Waals surface area (Å²) in [4.78, 5) is 9.03. The SMILES string of the molecule is CCNC(=NCc1cccnc1OCc1ccccc1)NCCCOCCOC.I. The predicted molar refractivity (Wildman–Crippen MR) is 131 cm³/mol. The second kappa shape index (κ2) is 16.8. The zero-order valence-corrected chi connectivity index (χ0v) is 20.1. The number of methoxy groups -OCH3 is 1. The second-order valence-electron chi connectivity index (χ2n) is 6.32. The predicted octanol–water partition coefficient (Wildman–Crippen LogP) is 3.39. The summed E-state index contributed by atoms with van der Waals surface area (Å²) in [6.07, 6.45) is 2.63. The van der Waals surface area contributed by atoms with Crippen LogP contribution < -0.4 is 15.4 Å². The molecule has 8 heteroatoms. The number of hydrogen-bond donors (Lipinski definition) is 2. The van der Waals surface area contributed by atoms with Crippen LogP contribution in [-0.2, 0) is 22.6 Å². The first-order valence-electron chi connectivity index (χ1n) is 10.0. The lowest BCUT2D eigenvalue weighted by atomic mass is 10.2. The molecule has 0 saturated heterocycles. The first-order valence-corrected chi connectivity index (χ1v) is 10.0. The second-order valence-corrected chi connectivity index (χ2v) is 6.32. The third-order valence-corrected chi connectivity index (χ3v) is 4.01. The lowest BCUT2D eigenvalue weighted by molar-refractivity contribution is 0.0698. The number of nitrogens with one attached hydrogen (secondary N) is 2. The van der Waals surface area contributed by atoms with E-state index in [4.69, 9.17) is 14.2 Å². The minimum absolute atomic E-state index is 0. The number of aliphatic imine (C=N–C) groups is 1. The molecule has 166 valence electrons. The zero-order valence-electron chi connectivity index (χ0n) is 17.8. The smallest absolute Gasteiger partial charge is 0.218 e. The zero-order chi connectivity index (χ0) is 20.6. The third-order valence-electron chi connectivity index (χ3n) is 4.01. The molecule has 2 aromatic rings. The molecule has 1 aromatic carbocycles. The Morgan fingerprint density at radius 1 is 1.03 bits per heavy atom. The van der Waals surface area contributed by atoms with Crippen LogP contribution in [0.25, 0.3) is 0 Å². The fourth-order valence-corrected chi connectivity index (χ4v) is 2.53. The topological polar surface area (TPSA) is 77.0 Å². The van der Waals surface area contributed by atoms with Crippen LogP contribution in [0.3, 0.4) is 0 Å². The van der Waals surface area contributed by atoms with Crippen molar-refractivity contribution in [2.75, 3.05) is 40.0 Å². The number of pyridine rings is 1. The first-order chi connectivity index (χ1) is 14.3. The van der Waals surface area contributed by atoms with Crippen molar-refractivity contribution < 1.29 is 14.2 Å². The third kappa shape index (κ3) is 10.7. The molecule has 0 atom stereocenters. The molecule has 2 rings (SSSR count). The number of guanidine groups is 1. The van der Waals surface area contributed by atoms with Crippen molar-refractivity contribution in [3.05, 3.63) is 59.8 Å². The van der Waals surface area contributed by atoms with E-state index >= 15 is 0 Å². The lowest BCUT2D eigenvalue weighted by Gasteiger charge is -2.12. The van der Waals surface area contributed by atoms with Gasteiger partial charge in [0.15, 0.2) is 5.96 Å².